The highest BCUT2D eigenvalue weighted by atomic mass is 35.5. The van der Waals surface area contributed by atoms with Crippen LogP contribution >= 0.6 is 11.6 Å². The molecule has 0 saturated carbocycles. The number of piperidine rings is 1. The van der Waals surface area contributed by atoms with Crippen molar-refractivity contribution in [3.05, 3.63) is 47.2 Å². The van der Waals surface area contributed by atoms with Gasteiger partial charge in [0.2, 0.25) is 0 Å². The van der Waals surface area contributed by atoms with Gasteiger partial charge >= 0.3 is 0 Å². The van der Waals surface area contributed by atoms with Crippen molar-refractivity contribution in [1.82, 2.24) is 19.6 Å². The first-order chi connectivity index (χ1) is 12.7. The molecule has 140 valence electrons. The zero-order valence-corrected chi connectivity index (χ0v) is 16.1. The lowest BCUT2D eigenvalue weighted by molar-refractivity contribution is 0.0867. The average molecular weight is 375 g/mol. The maximum absolute atomic E-state index is 6.10. The van der Waals surface area contributed by atoms with Gasteiger partial charge in [0, 0.05) is 62.7 Å². The Balaban J connectivity index is 1.42. The highest BCUT2D eigenvalue weighted by Gasteiger charge is 2.34. The molecule has 3 saturated heterocycles. The van der Waals surface area contributed by atoms with Crippen molar-refractivity contribution < 1.29 is 4.74 Å². The maximum atomic E-state index is 6.10. The SMILES string of the molecule is COCCN1CC2CCC1CN(Cc1cnn(-c3cccc(Cl)c3)c1)C2. The van der Waals surface area contributed by atoms with Gasteiger partial charge in [0.25, 0.3) is 0 Å². The third-order valence-corrected chi connectivity index (χ3v) is 5.84. The summed E-state index contributed by atoms with van der Waals surface area (Å²) >= 11 is 6.10. The fourth-order valence-electron chi connectivity index (χ4n) is 4.35. The van der Waals surface area contributed by atoms with E-state index in [-0.39, 0.29) is 0 Å². The molecule has 2 unspecified atom stereocenters. The molecule has 4 heterocycles. The average Bonchev–Trinajstić information content (AvgIpc) is 2.93. The molecule has 2 aromatic rings. The van der Waals surface area contributed by atoms with Crippen molar-refractivity contribution >= 4 is 11.6 Å². The Kier molecular flexibility index (Phi) is 5.60. The second kappa shape index (κ2) is 8.09. The molecule has 3 aliphatic rings. The van der Waals surface area contributed by atoms with Gasteiger partial charge in [0.1, 0.15) is 0 Å². The first-order valence-electron chi connectivity index (χ1n) is 9.46. The molecule has 0 spiro atoms. The van der Waals surface area contributed by atoms with E-state index in [1.807, 2.05) is 35.1 Å². The highest BCUT2D eigenvalue weighted by Crippen LogP contribution is 2.28. The second-order valence-electron chi connectivity index (χ2n) is 7.55. The lowest BCUT2D eigenvalue weighted by Crippen LogP contribution is -2.45. The van der Waals surface area contributed by atoms with Gasteiger partial charge in [-0.1, -0.05) is 17.7 Å². The van der Waals surface area contributed by atoms with Gasteiger partial charge < -0.3 is 4.74 Å². The van der Waals surface area contributed by atoms with E-state index in [0.717, 1.165) is 42.9 Å². The number of hydrogen-bond acceptors (Lipinski definition) is 4. The zero-order chi connectivity index (χ0) is 17.9. The first kappa shape index (κ1) is 18.0. The van der Waals surface area contributed by atoms with Gasteiger partial charge in [0.15, 0.2) is 0 Å². The number of benzene rings is 1. The Morgan fingerprint density at radius 2 is 2.15 bits per heavy atom. The van der Waals surface area contributed by atoms with Gasteiger partial charge in [-0.2, -0.15) is 5.10 Å². The Bertz CT molecular complexity index is 734. The van der Waals surface area contributed by atoms with Gasteiger partial charge in [-0.25, -0.2) is 4.68 Å². The molecule has 3 aliphatic heterocycles. The van der Waals surface area contributed by atoms with E-state index in [0.29, 0.717) is 6.04 Å². The molecule has 0 aliphatic carbocycles. The summed E-state index contributed by atoms with van der Waals surface area (Å²) in [4.78, 5) is 5.24. The number of methoxy groups -OCH3 is 1. The molecule has 5 nitrogen and oxygen atoms in total. The van der Waals surface area contributed by atoms with Gasteiger partial charge in [-0.15, -0.1) is 0 Å². The zero-order valence-electron chi connectivity index (χ0n) is 15.4. The molecule has 2 bridgehead atoms. The van der Waals surface area contributed by atoms with E-state index >= 15 is 0 Å². The molecule has 2 atom stereocenters. The summed E-state index contributed by atoms with van der Waals surface area (Å²) in [5.41, 5.74) is 2.26. The van der Waals surface area contributed by atoms with E-state index in [1.165, 1.54) is 31.5 Å². The minimum atomic E-state index is 0.659. The fourth-order valence-corrected chi connectivity index (χ4v) is 4.53. The molecule has 0 N–H and O–H groups in total. The number of fused-ring (bicyclic) bond motifs is 4. The summed E-state index contributed by atoms with van der Waals surface area (Å²) in [6.45, 7) is 6.39. The number of hydrogen-bond donors (Lipinski definition) is 0. The Labute approximate surface area is 160 Å². The Morgan fingerprint density at radius 1 is 1.23 bits per heavy atom. The maximum Gasteiger partial charge on any atom is 0.0660 e. The molecule has 26 heavy (non-hydrogen) atoms. The topological polar surface area (TPSA) is 33.5 Å². The molecule has 0 radical (unpaired) electrons. The number of ether oxygens (including phenoxy) is 1. The molecule has 0 amide bonds. The second-order valence-corrected chi connectivity index (χ2v) is 7.99. The summed E-state index contributed by atoms with van der Waals surface area (Å²) < 4.78 is 7.21. The molecule has 1 aromatic heterocycles. The van der Waals surface area contributed by atoms with Crippen LogP contribution in [-0.2, 0) is 11.3 Å². The van der Waals surface area contributed by atoms with Crippen LogP contribution in [0.5, 0.6) is 0 Å². The number of nitrogens with zero attached hydrogens (tertiary/aromatic N) is 4. The summed E-state index contributed by atoms with van der Waals surface area (Å²) in [5.74, 6) is 0.772. The van der Waals surface area contributed by atoms with Crippen LogP contribution in [0, 0.1) is 5.92 Å². The largest absolute Gasteiger partial charge is 0.383 e. The Hall–Kier alpha value is -1.40. The summed E-state index contributed by atoms with van der Waals surface area (Å²) in [7, 11) is 1.79. The molecule has 1 aromatic carbocycles. The van der Waals surface area contributed by atoms with E-state index in [2.05, 4.69) is 21.1 Å². The van der Waals surface area contributed by atoms with E-state index in [9.17, 15) is 0 Å². The summed E-state index contributed by atoms with van der Waals surface area (Å²) in [6, 6.07) is 8.48. The molecular formula is C20H27ClN4O. The fraction of sp³-hybridized carbons (Fsp3) is 0.550. The van der Waals surface area contributed by atoms with Crippen molar-refractivity contribution in [1.29, 1.82) is 0 Å². The standard InChI is InChI=1S/C20H27ClN4O/c1-26-8-7-24-13-16-5-6-20(24)15-23(11-16)12-17-10-22-25(14-17)19-4-2-3-18(21)9-19/h2-4,9-10,14,16,20H,5-8,11-13,15H2,1H3. The Morgan fingerprint density at radius 3 is 3.00 bits per heavy atom. The quantitative estimate of drug-likeness (QED) is 0.778. The number of aromatic nitrogens is 2. The van der Waals surface area contributed by atoms with E-state index in [1.54, 1.807) is 7.11 Å². The van der Waals surface area contributed by atoms with Crippen molar-refractivity contribution in [2.45, 2.75) is 25.4 Å². The van der Waals surface area contributed by atoms with Crippen molar-refractivity contribution in [2.75, 3.05) is 39.9 Å². The predicted octanol–water partition coefficient (Wildman–Crippen LogP) is 3.07. The lowest BCUT2D eigenvalue weighted by Gasteiger charge is -2.35. The molecule has 5 rings (SSSR count). The first-order valence-corrected chi connectivity index (χ1v) is 9.84. The third kappa shape index (κ3) is 4.12. The highest BCUT2D eigenvalue weighted by molar-refractivity contribution is 6.30. The van der Waals surface area contributed by atoms with Gasteiger partial charge in [-0.05, 0) is 37.0 Å². The normalized spacial score (nSPS) is 24.1. The molecule has 6 heteroatoms. The van der Waals surface area contributed by atoms with Crippen LogP contribution < -0.4 is 0 Å². The minimum absolute atomic E-state index is 0.659. The van der Waals surface area contributed by atoms with Crippen LogP contribution in [0.15, 0.2) is 36.7 Å². The predicted molar refractivity (Wildman–Crippen MR) is 104 cm³/mol. The van der Waals surface area contributed by atoms with Gasteiger partial charge in [-0.3, -0.25) is 9.80 Å². The summed E-state index contributed by atoms with van der Waals surface area (Å²) in [5, 5.41) is 5.27. The van der Waals surface area contributed by atoms with Crippen molar-refractivity contribution in [2.24, 2.45) is 5.92 Å². The minimum Gasteiger partial charge on any atom is -0.383 e. The van der Waals surface area contributed by atoms with Crippen LogP contribution in [0.3, 0.4) is 0 Å². The van der Waals surface area contributed by atoms with Crippen LogP contribution in [0.2, 0.25) is 5.02 Å². The number of rotatable bonds is 6. The van der Waals surface area contributed by atoms with Crippen LogP contribution in [0.25, 0.3) is 5.69 Å². The van der Waals surface area contributed by atoms with Crippen LogP contribution in [-0.4, -0.2) is 65.5 Å². The van der Waals surface area contributed by atoms with E-state index in [4.69, 9.17) is 16.3 Å². The number of halogens is 1. The van der Waals surface area contributed by atoms with Gasteiger partial charge in [0.05, 0.1) is 18.5 Å². The molecule has 3 fully saturated rings. The van der Waals surface area contributed by atoms with E-state index < -0.39 is 0 Å². The van der Waals surface area contributed by atoms with Crippen LogP contribution in [0.1, 0.15) is 18.4 Å². The molecular weight excluding hydrogens is 348 g/mol. The van der Waals surface area contributed by atoms with Crippen molar-refractivity contribution in [3.63, 3.8) is 0 Å². The summed E-state index contributed by atoms with van der Waals surface area (Å²) in [6.07, 6.45) is 6.77. The monoisotopic (exact) mass is 374 g/mol. The van der Waals surface area contributed by atoms with Crippen molar-refractivity contribution in [3.8, 4) is 5.69 Å². The lowest BCUT2D eigenvalue weighted by atomic mass is 9.95. The van der Waals surface area contributed by atoms with Crippen LogP contribution in [0.4, 0.5) is 0 Å². The third-order valence-electron chi connectivity index (χ3n) is 5.60. The smallest absolute Gasteiger partial charge is 0.0660 e.